The molecule has 1 aliphatic heterocycles. The van der Waals surface area contributed by atoms with Gasteiger partial charge in [0.15, 0.2) is 0 Å². The van der Waals surface area contributed by atoms with Crippen molar-refractivity contribution < 1.29 is 4.79 Å². The van der Waals surface area contributed by atoms with Crippen LogP contribution < -0.4 is 9.80 Å². The number of anilines is 2. The first kappa shape index (κ1) is 15.0. The summed E-state index contributed by atoms with van der Waals surface area (Å²) in [7, 11) is 2.07. The van der Waals surface area contributed by atoms with Crippen LogP contribution in [0.5, 0.6) is 0 Å². The van der Waals surface area contributed by atoms with E-state index in [1.807, 2.05) is 30.0 Å². The monoisotopic (exact) mass is 316 g/mol. The molecular formula is C16H20N4OS. The molecule has 0 N–H and O–H groups in total. The highest BCUT2D eigenvalue weighted by atomic mass is 32.1. The van der Waals surface area contributed by atoms with E-state index < -0.39 is 0 Å². The van der Waals surface area contributed by atoms with Gasteiger partial charge in [0, 0.05) is 19.6 Å². The van der Waals surface area contributed by atoms with Gasteiger partial charge in [-0.1, -0.05) is 23.5 Å². The molecule has 1 unspecified atom stereocenters. The molecule has 3 rings (SSSR count). The number of amides is 1. The van der Waals surface area contributed by atoms with Crippen LogP contribution >= 0.6 is 11.5 Å². The number of nitrogens with zero attached hydrogens (tertiary/aromatic N) is 4. The van der Waals surface area contributed by atoms with Gasteiger partial charge in [-0.3, -0.25) is 4.79 Å². The van der Waals surface area contributed by atoms with E-state index in [1.165, 1.54) is 11.5 Å². The first-order valence-corrected chi connectivity index (χ1v) is 8.35. The average Bonchev–Trinajstić information content (AvgIpc) is 2.97. The molecule has 0 fully saturated rings. The van der Waals surface area contributed by atoms with Gasteiger partial charge in [-0.05, 0) is 43.4 Å². The molecule has 1 aliphatic rings. The van der Waals surface area contributed by atoms with Gasteiger partial charge in [-0.2, -0.15) is 0 Å². The number of aryl methyl sites for hydroxylation is 1. The smallest absolute Gasteiger partial charge is 0.272 e. The largest absolute Gasteiger partial charge is 0.373 e. The first-order valence-electron chi connectivity index (χ1n) is 7.58. The van der Waals surface area contributed by atoms with Crippen LogP contribution in [0.3, 0.4) is 0 Å². The minimum absolute atomic E-state index is 0.0158. The van der Waals surface area contributed by atoms with Gasteiger partial charge < -0.3 is 9.80 Å². The number of hydrogen-bond donors (Lipinski definition) is 0. The molecule has 2 aromatic rings. The van der Waals surface area contributed by atoms with E-state index in [4.69, 9.17) is 0 Å². The van der Waals surface area contributed by atoms with Crippen molar-refractivity contribution in [2.24, 2.45) is 0 Å². The summed E-state index contributed by atoms with van der Waals surface area (Å²) in [5.41, 5.74) is 2.85. The van der Waals surface area contributed by atoms with E-state index >= 15 is 0 Å². The Balaban J connectivity index is 2.08. The van der Waals surface area contributed by atoms with Crippen LogP contribution in [0, 0.1) is 0 Å². The Hall–Kier alpha value is -1.95. The van der Waals surface area contributed by atoms with Gasteiger partial charge in [0.05, 0.1) is 17.1 Å². The number of benzene rings is 1. The lowest BCUT2D eigenvalue weighted by Crippen LogP contribution is -2.38. The van der Waals surface area contributed by atoms with Crippen molar-refractivity contribution >= 4 is 28.8 Å². The molecule has 2 heterocycles. The molecule has 0 radical (unpaired) electrons. The molecule has 0 aliphatic carbocycles. The quantitative estimate of drug-likeness (QED) is 0.854. The third kappa shape index (κ3) is 2.47. The van der Waals surface area contributed by atoms with Crippen molar-refractivity contribution in [2.45, 2.75) is 32.7 Å². The Bertz CT molecular complexity index is 684. The number of rotatable bonds is 2. The summed E-state index contributed by atoms with van der Waals surface area (Å²) in [4.78, 5) is 17.9. The topological polar surface area (TPSA) is 49.3 Å². The molecule has 1 aromatic heterocycles. The van der Waals surface area contributed by atoms with Crippen molar-refractivity contribution in [1.82, 2.24) is 9.59 Å². The maximum absolute atomic E-state index is 13.1. The minimum atomic E-state index is 0.0158. The zero-order chi connectivity index (χ0) is 15.7. The molecule has 0 saturated carbocycles. The molecule has 0 spiro atoms. The SMILES string of the molecule is CCc1nnsc1C(=O)N1c2ccccc2N(C)CCC1C. The van der Waals surface area contributed by atoms with Gasteiger partial charge in [-0.15, -0.1) is 5.10 Å². The van der Waals surface area contributed by atoms with E-state index in [0.29, 0.717) is 4.88 Å². The second kappa shape index (κ2) is 6.04. The Kier molecular flexibility index (Phi) is 4.11. The number of carbonyl (C=O) groups is 1. The summed E-state index contributed by atoms with van der Waals surface area (Å²) in [6, 6.07) is 8.23. The molecular weight excluding hydrogens is 296 g/mol. The summed E-state index contributed by atoms with van der Waals surface area (Å²) in [5, 5.41) is 4.08. The second-order valence-electron chi connectivity index (χ2n) is 5.63. The molecule has 22 heavy (non-hydrogen) atoms. The van der Waals surface area contributed by atoms with Crippen molar-refractivity contribution in [3.8, 4) is 0 Å². The van der Waals surface area contributed by atoms with E-state index in [2.05, 4.69) is 34.5 Å². The van der Waals surface area contributed by atoms with E-state index in [1.54, 1.807) is 0 Å². The summed E-state index contributed by atoms with van der Waals surface area (Å²) in [5.74, 6) is 0.0158. The zero-order valence-corrected chi connectivity index (χ0v) is 13.9. The predicted octanol–water partition coefficient (Wildman–Crippen LogP) is 2.98. The fourth-order valence-electron chi connectivity index (χ4n) is 2.88. The maximum atomic E-state index is 13.1. The van der Waals surface area contributed by atoms with Gasteiger partial charge in [-0.25, -0.2) is 0 Å². The normalized spacial score (nSPS) is 18.0. The molecule has 1 aromatic carbocycles. The number of fused-ring (bicyclic) bond motifs is 1. The van der Waals surface area contributed by atoms with Crippen LogP contribution in [-0.2, 0) is 6.42 Å². The molecule has 0 saturated heterocycles. The van der Waals surface area contributed by atoms with Crippen molar-refractivity contribution in [1.29, 1.82) is 0 Å². The van der Waals surface area contributed by atoms with E-state index in [-0.39, 0.29) is 11.9 Å². The second-order valence-corrected chi connectivity index (χ2v) is 6.38. The predicted molar refractivity (Wildman–Crippen MR) is 89.9 cm³/mol. The highest BCUT2D eigenvalue weighted by Gasteiger charge is 2.31. The molecule has 0 bridgehead atoms. The molecule has 116 valence electrons. The molecule has 5 nitrogen and oxygen atoms in total. The lowest BCUT2D eigenvalue weighted by Gasteiger charge is -2.28. The highest BCUT2D eigenvalue weighted by molar-refractivity contribution is 7.08. The summed E-state index contributed by atoms with van der Waals surface area (Å²) < 4.78 is 3.96. The first-order chi connectivity index (χ1) is 10.6. The standard InChI is InChI=1S/C16H20N4OS/c1-4-12-15(22-18-17-12)16(21)20-11(2)9-10-19(3)13-7-5-6-8-14(13)20/h5-8,11H,4,9-10H2,1-3H3. The van der Waals surface area contributed by atoms with Crippen LogP contribution in [0.15, 0.2) is 24.3 Å². The van der Waals surface area contributed by atoms with E-state index in [0.717, 1.165) is 36.5 Å². The van der Waals surface area contributed by atoms with Crippen LogP contribution in [0.4, 0.5) is 11.4 Å². The Morgan fingerprint density at radius 2 is 2.09 bits per heavy atom. The van der Waals surface area contributed by atoms with Crippen molar-refractivity contribution in [2.75, 3.05) is 23.4 Å². The van der Waals surface area contributed by atoms with Crippen LogP contribution in [-0.4, -0.2) is 35.1 Å². The van der Waals surface area contributed by atoms with Crippen LogP contribution in [0.25, 0.3) is 0 Å². The van der Waals surface area contributed by atoms with Gasteiger partial charge >= 0.3 is 0 Å². The summed E-state index contributed by atoms with van der Waals surface area (Å²) in [6.07, 6.45) is 1.66. The van der Waals surface area contributed by atoms with Crippen LogP contribution in [0.2, 0.25) is 0 Å². The fourth-order valence-corrected chi connectivity index (χ4v) is 3.57. The lowest BCUT2D eigenvalue weighted by atomic mass is 10.1. The number of aromatic nitrogens is 2. The number of carbonyl (C=O) groups excluding carboxylic acids is 1. The molecule has 1 amide bonds. The van der Waals surface area contributed by atoms with Crippen molar-refractivity contribution in [3.05, 3.63) is 34.8 Å². The molecule has 6 heteroatoms. The summed E-state index contributed by atoms with van der Waals surface area (Å²) >= 11 is 1.19. The van der Waals surface area contributed by atoms with Gasteiger partial charge in [0.1, 0.15) is 4.88 Å². The minimum Gasteiger partial charge on any atom is -0.373 e. The Morgan fingerprint density at radius 3 is 2.82 bits per heavy atom. The molecule has 1 atom stereocenters. The number of hydrogen-bond acceptors (Lipinski definition) is 5. The highest BCUT2D eigenvalue weighted by Crippen LogP contribution is 2.35. The fraction of sp³-hybridized carbons (Fsp3) is 0.438. The third-order valence-electron chi connectivity index (χ3n) is 4.18. The summed E-state index contributed by atoms with van der Waals surface area (Å²) in [6.45, 7) is 5.04. The van der Waals surface area contributed by atoms with Gasteiger partial charge in [0.2, 0.25) is 0 Å². The Morgan fingerprint density at radius 1 is 1.36 bits per heavy atom. The lowest BCUT2D eigenvalue weighted by molar-refractivity contribution is 0.0981. The Labute approximate surface area is 134 Å². The average molecular weight is 316 g/mol. The van der Waals surface area contributed by atoms with Gasteiger partial charge in [0.25, 0.3) is 5.91 Å². The number of para-hydroxylation sites is 2. The maximum Gasteiger partial charge on any atom is 0.272 e. The van der Waals surface area contributed by atoms with Crippen molar-refractivity contribution in [3.63, 3.8) is 0 Å². The van der Waals surface area contributed by atoms with Crippen LogP contribution in [0.1, 0.15) is 35.6 Å². The zero-order valence-electron chi connectivity index (χ0n) is 13.1. The third-order valence-corrected chi connectivity index (χ3v) is 4.94. The van der Waals surface area contributed by atoms with E-state index in [9.17, 15) is 4.79 Å².